The second kappa shape index (κ2) is 30.5. The average molecular weight is 858 g/mol. The Kier molecular flexibility index (Phi) is 26.9. The van der Waals surface area contributed by atoms with Gasteiger partial charge in [-0.2, -0.15) is 0 Å². The molecule has 4 fully saturated rings. The third-order valence-corrected chi connectivity index (χ3v) is 15.5. The molecule has 4 aliphatic rings. The van der Waals surface area contributed by atoms with Crippen molar-refractivity contribution in [1.29, 1.82) is 0 Å². The summed E-state index contributed by atoms with van der Waals surface area (Å²) in [7, 11) is 0. The van der Waals surface area contributed by atoms with Crippen LogP contribution in [0.15, 0.2) is 0 Å². The second-order valence-electron chi connectivity index (χ2n) is 21.2. The van der Waals surface area contributed by atoms with Crippen LogP contribution in [-0.4, -0.2) is 62.3 Å². The lowest BCUT2D eigenvalue weighted by molar-refractivity contribution is -0.163. The molecule has 4 atom stereocenters. The molecule has 356 valence electrons. The predicted molar refractivity (Wildman–Crippen MR) is 253 cm³/mol. The van der Waals surface area contributed by atoms with Crippen LogP contribution in [0.3, 0.4) is 0 Å². The van der Waals surface area contributed by atoms with Crippen molar-refractivity contribution < 1.29 is 28.6 Å². The van der Waals surface area contributed by atoms with Crippen LogP contribution in [-0.2, 0) is 28.6 Å². The topological polar surface area (TPSA) is 82.1 Å². The summed E-state index contributed by atoms with van der Waals surface area (Å²) in [6.07, 6.45) is 36.9. The first-order chi connectivity index (χ1) is 29.6. The van der Waals surface area contributed by atoms with Gasteiger partial charge >= 0.3 is 17.9 Å². The van der Waals surface area contributed by atoms with Crippen molar-refractivity contribution in [3.63, 3.8) is 0 Å². The van der Waals surface area contributed by atoms with Crippen molar-refractivity contribution in [1.82, 2.24) is 4.90 Å². The Labute approximate surface area is 377 Å². The number of esters is 3. The van der Waals surface area contributed by atoms with Crippen molar-refractivity contribution >= 4 is 17.9 Å². The normalized spacial score (nSPS) is 23.3. The number of ether oxygens (including phenoxy) is 3. The van der Waals surface area contributed by atoms with Gasteiger partial charge in [-0.15, -0.1) is 0 Å². The largest absolute Gasteiger partial charge is 0.465 e. The summed E-state index contributed by atoms with van der Waals surface area (Å²) in [5.74, 6) is 2.07. The molecule has 0 spiro atoms. The van der Waals surface area contributed by atoms with Crippen molar-refractivity contribution in [3.8, 4) is 0 Å². The Balaban J connectivity index is 1.49. The van der Waals surface area contributed by atoms with Gasteiger partial charge in [-0.25, -0.2) is 0 Å². The molecule has 4 aliphatic carbocycles. The predicted octanol–water partition coefficient (Wildman–Crippen LogP) is 14.8. The highest BCUT2D eigenvalue weighted by Gasteiger charge is 2.60. The summed E-state index contributed by atoms with van der Waals surface area (Å²) < 4.78 is 18.5. The molecule has 0 heterocycles. The zero-order valence-electron chi connectivity index (χ0n) is 41.2. The number of rotatable bonds is 38. The van der Waals surface area contributed by atoms with Gasteiger partial charge in [0.25, 0.3) is 0 Å². The Hall–Kier alpha value is -1.63. The van der Waals surface area contributed by atoms with E-state index in [0.29, 0.717) is 45.0 Å². The van der Waals surface area contributed by atoms with Gasteiger partial charge in [0.1, 0.15) is 0 Å². The molecular formula is C54H99NO6. The van der Waals surface area contributed by atoms with Gasteiger partial charge < -0.3 is 19.1 Å². The quantitative estimate of drug-likeness (QED) is 0.0347. The van der Waals surface area contributed by atoms with E-state index in [1.807, 2.05) is 0 Å². The highest BCUT2D eigenvalue weighted by molar-refractivity contribution is 5.70. The van der Waals surface area contributed by atoms with E-state index in [9.17, 15) is 14.4 Å². The number of fused-ring (bicyclic) bond motifs is 1. The molecule has 0 radical (unpaired) electrons. The smallest absolute Gasteiger partial charge is 0.305 e. The first-order valence-corrected chi connectivity index (χ1v) is 26.8. The minimum Gasteiger partial charge on any atom is -0.465 e. The molecule has 0 aromatic rings. The molecule has 61 heavy (non-hydrogen) atoms. The number of hydrogen-bond donors (Lipinski definition) is 0. The summed E-state index contributed by atoms with van der Waals surface area (Å²) in [5.41, 5.74) is -0.362. The van der Waals surface area contributed by atoms with Crippen LogP contribution >= 0.6 is 0 Å². The second-order valence-corrected chi connectivity index (χ2v) is 21.2. The first-order valence-electron chi connectivity index (χ1n) is 26.8. The molecule has 0 saturated heterocycles. The molecule has 4 unspecified atom stereocenters. The number of nitrogens with zero attached hydrogens (tertiary/aromatic N) is 1. The molecule has 0 amide bonds. The Bertz CT molecular complexity index is 1180. The van der Waals surface area contributed by atoms with E-state index in [1.54, 1.807) is 0 Å². The highest BCUT2D eigenvalue weighted by Crippen LogP contribution is 2.66. The zero-order chi connectivity index (χ0) is 44.2. The summed E-state index contributed by atoms with van der Waals surface area (Å²) in [5, 5.41) is 0. The fourth-order valence-corrected chi connectivity index (χ4v) is 12.7. The highest BCUT2D eigenvalue weighted by atomic mass is 16.5. The van der Waals surface area contributed by atoms with Gasteiger partial charge in [0.05, 0.1) is 19.8 Å². The minimum absolute atomic E-state index is 0.0546. The minimum atomic E-state index is -0.157. The molecule has 0 aromatic heterocycles. The van der Waals surface area contributed by atoms with E-state index in [-0.39, 0.29) is 34.2 Å². The molecule has 0 aliphatic heterocycles. The fourth-order valence-electron chi connectivity index (χ4n) is 12.7. The Morgan fingerprint density at radius 1 is 0.459 bits per heavy atom. The lowest BCUT2D eigenvalue weighted by Crippen LogP contribution is -2.50. The molecule has 7 nitrogen and oxygen atoms in total. The fraction of sp³-hybridized carbons (Fsp3) is 0.944. The summed E-state index contributed by atoms with van der Waals surface area (Å²) in [4.78, 5) is 41.8. The first kappa shape index (κ1) is 53.7. The number of unbranched alkanes of at least 4 members (excludes halogenated alkanes) is 10. The van der Waals surface area contributed by atoms with Gasteiger partial charge in [-0.05, 0) is 102 Å². The van der Waals surface area contributed by atoms with E-state index in [0.717, 1.165) is 109 Å². The van der Waals surface area contributed by atoms with Gasteiger partial charge in [0.15, 0.2) is 0 Å². The number of hydrogen-bond acceptors (Lipinski definition) is 7. The third kappa shape index (κ3) is 20.8. The van der Waals surface area contributed by atoms with Crippen LogP contribution in [0.4, 0.5) is 0 Å². The van der Waals surface area contributed by atoms with E-state index in [1.165, 1.54) is 116 Å². The van der Waals surface area contributed by atoms with Crippen molar-refractivity contribution in [2.24, 2.45) is 34.0 Å². The maximum Gasteiger partial charge on any atom is 0.305 e. The van der Waals surface area contributed by atoms with E-state index in [2.05, 4.69) is 46.4 Å². The lowest BCUT2D eigenvalue weighted by Gasteiger charge is -2.54. The molecule has 7 heteroatoms. The van der Waals surface area contributed by atoms with Gasteiger partial charge in [0.2, 0.25) is 0 Å². The standard InChI is InChI=1S/C54H99NO6/c1-7-26-46(27-8-2)30-21-17-13-15-19-23-32-49(56)59-43-52-35-36-53(44-60-51(58)34-25-37-55(11-5)12-6)39-48(38-52)40-54(41-52,42-53)45-61-50(57)33-24-20-16-14-18-22-31-47(28-9-3)29-10-4/h46-48H,7-45H2,1-6H3. The number of carbonyl (C=O) groups excluding carboxylic acids is 3. The summed E-state index contributed by atoms with van der Waals surface area (Å²) in [6, 6.07) is 0. The molecule has 0 N–H and O–H groups in total. The average Bonchev–Trinajstić information content (AvgIpc) is 3.41. The van der Waals surface area contributed by atoms with E-state index >= 15 is 0 Å². The number of carbonyl (C=O) groups is 3. The maximum atomic E-state index is 13.2. The molecular weight excluding hydrogens is 759 g/mol. The molecule has 4 saturated carbocycles. The van der Waals surface area contributed by atoms with Crippen LogP contribution in [0.25, 0.3) is 0 Å². The van der Waals surface area contributed by atoms with Crippen molar-refractivity contribution in [2.75, 3.05) is 39.5 Å². The monoisotopic (exact) mass is 858 g/mol. The molecule has 4 bridgehead atoms. The Morgan fingerprint density at radius 2 is 0.803 bits per heavy atom. The van der Waals surface area contributed by atoms with Crippen LogP contribution in [0, 0.1) is 34.0 Å². The molecule has 4 rings (SSSR count). The van der Waals surface area contributed by atoms with Gasteiger partial charge in [-0.3, -0.25) is 14.4 Å². The summed E-state index contributed by atoms with van der Waals surface area (Å²) in [6.45, 7) is 17.8. The third-order valence-electron chi connectivity index (χ3n) is 15.5. The van der Waals surface area contributed by atoms with E-state index in [4.69, 9.17) is 14.2 Å². The van der Waals surface area contributed by atoms with Crippen molar-refractivity contribution in [3.05, 3.63) is 0 Å². The SMILES string of the molecule is CCCC(CCC)CCCCCCCCC(=O)OCC12CCC3(COC(=O)CCCN(CC)CC)CC(C1)CC(COC(=O)CCCCCCCCC(CCC)CCC)(C2)C3. The van der Waals surface area contributed by atoms with Crippen molar-refractivity contribution in [2.45, 2.75) is 253 Å². The zero-order valence-corrected chi connectivity index (χ0v) is 41.2. The summed E-state index contributed by atoms with van der Waals surface area (Å²) >= 11 is 0. The Morgan fingerprint density at radius 3 is 1.20 bits per heavy atom. The van der Waals surface area contributed by atoms with Crippen LogP contribution in [0.2, 0.25) is 0 Å². The van der Waals surface area contributed by atoms with Crippen LogP contribution in [0.5, 0.6) is 0 Å². The lowest BCUT2D eigenvalue weighted by atomic mass is 9.51. The van der Waals surface area contributed by atoms with Crippen LogP contribution < -0.4 is 0 Å². The van der Waals surface area contributed by atoms with Gasteiger partial charge in [0, 0.05) is 35.5 Å². The maximum absolute atomic E-state index is 13.2. The van der Waals surface area contributed by atoms with E-state index < -0.39 is 0 Å². The molecule has 0 aromatic carbocycles. The van der Waals surface area contributed by atoms with Gasteiger partial charge in [-0.1, -0.05) is 170 Å². The van der Waals surface area contributed by atoms with Crippen LogP contribution in [0.1, 0.15) is 253 Å².